The molecule has 0 aromatic heterocycles. The largest absolute Gasteiger partial charge is 0.480 e. The molecule has 0 bridgehead atoms. The zero-order valence-corrected chi connectivity index (χ0v) is 30.4. The van der Waals surface area contributed by atoms with Gasteiger partial charge in [-0.25, -0.2) is 0 Å². The second-order valence-electron chi connectivity index (χ2n) is 12.3. The van der Waals surface area contributed by atoms with E-state index in [2.05, 4.69) is 10.6 Å². The number of Topliss-reactive ketones (excluding diaryl/α,β-unsaturated/α-hetero) is 1. The lowest BCUT2D eigenvalue weighted by Crippen LogP contribution is -2.49. The summed E-state index contributed by atoms with van der Waals surface area (Å²) in [5.41, 5.74) is 2.71. The summed E-state index contributed by atoms with van der Waals surface area (Å²) < 4.78 is 5.59. The van der Waals surface area contributed by atoms with E-state index < -0.39 is 17.9 Å². The number of benzene rings is 2. The maximum atomic E-state index is 12.3. The highest BCUT2D eigenvalue weighted by atomic mass is 32.2. The minimum Gasteiger partial charge on any atom is -0.480 e. The zero-order valence-electron chi connectivity index (χ0n) is 28.8. The maximum absolute atomic E-state index is 12.3. The number of rotatable bonds is 19. The Balaban J connectivity index is 1.43. The lowest BCUT2D eigenvalue weighted by atomic mass is 10.0. The number of hydrogen-bond acceptors (Lipinski definition) is 11. The van der Waals surface area contributed by atoms with Gasteiger partial charge in [0.2, 0.25) is 0 Å². The smallest absolute Gasteiger partial charge is 0.317 e. The number of nitrogens with one attached hydrogen (secondary N) is 2. The van der Waals surface area contributed by atoms with Gasteiger partial charge in [0.15, 0.2) is 10.2 Å². The molecular formula is C35H47N5O9S2. The van der Waals surface area contributed by atoms with Gasteiger partial charge in [0, 0.05) is 68.7 Å². The van der Waals surface area contributed by atoms with Gasteiger partial charge in [0.1, 0.15) is 5.78 Å². The number of hydrogen-bond donors (Lipinski definition) is 5. The molecule has 0 amide bonds. The number of anilines is 1. The first-order chi connectivity index (χ1) is 24.4. The van der Waals surface area contributed by atoms with Crippen molar-refractivity contribution in [2.24, 2.45) is 0 Å². The van der Waals surface area contributed by atoms with Crippen LogP contribution in [0, 0.1) is 0 Å². The van der Waals surface area contributed by atoms with Gasteiger partial charge >= 0.3 is 17.9 Å². The molecule has 2 aromatic rings. The number of ether oxygens (including phenoxy) is 1. The van der Waals surface area contributed by atoms with Crippen LogP contribution in [0.3, 0.4) is 0 Å². The van der Waals surface area contributed by atoms with Gasteiger partial charge in [-0.05, 0) is 67.4 Å². The van der Waals surface area contributed by atoms with Crippen LogP contribution in [0.5, 0.6) is 0 Å². The van der Waals surface area contributed by atoms with E-state index in [-0.39, 0.29) is 49.6 Å². The number of carbonyl (C=O) groups excluding carboxylic acids is 2. The quantitative estimate of drug-likeness (QED) is 0.0800. The van der Waals surface area contributed by atoms with Crippen molar-refractivity contribution in [2.45, 2.75) is 43.5 Å². The summed E-state index contributed by atoms with van der Waals surface area (Å²) in [6.45, 7) is 3.59. The fraction of sp³-hybridized carbons (Fsp3) is 0.486. The molecule has 1 aliphatic heterocycles. The summed E-state index contributed by atoms with van der Waals surface area (Å²) in [7, 11) is 0. The summed E-state index contributed by atoms with van der Waals surface area (Å²) in [4.78, 5) is 64.2. The topological polar surface area (TPSA) is 189 Å². The van der Waals surface area contributed by atoms with Crippen molar-refractivity contribution in [3.05, 3.63) is 59.7 Å². The molecule has 14 nitrogen and oxygen atoms in total. The first-order valence-electron chi connectivity index (χ1n) is 16.7. The number of aryl methyl sites for hydroxylation is 1. The van der Waals surface area contributed by atoms with Gasteiger partial charge < -0.3 is 35.5 Å². The van der Waals surface area contributed by atoms with Crippen LogP contribution in [0.1, 0.15) is 30.9 Å². The van der Waals surface area contributed by atoms with E-state index in [0.29, 0.717) is 70.3 Å². The predicted molar refractivity (Wildman–Crippen MR) is 197 cm³/mol. The number of aliphatic carboxylic acids is 3. The number of ketones is 1. The molecule has 1 aliphatic rings. The number of carbonyl (C=O) groups is 5. The van der Waals surface area contributed by atoms with E-state index >= 15 is 0 Å². The van der Waals surface area contributed by atoms with Crippen LogP contribution in [-0.2, 0) is 41.6 Å². The normalized spacial score (nSPS) is 16.0. The Bertz CT molecular complexity index is 1480. The highest BCUT2D eigenvalue weighted by molar-refractivity contribution is 8.13. The van der Waals surface area contributed by atoms with Gasteiger partial charge in [-0.2, -0.15) is 0 Å². The molecule has 16 heteroatoms. The average molecular weight is 746 g/mol. The third kappa shape index (κ3) is 17.2. The number of thioether (sulfide) groups is 1. The minimum absolute atomic E-state index is 0.000293. The van der Waals surface area contributed by atoms with Crippen molar-refractivity contribution in [1.82, 2.24) is 20.0 Å². The van der Waals surface area contributed by atoms with Gasteiger partial charge in [-0.15, -0.1) is 0 Å². The standard InChI is InChI=1S/C35H47N5O9S2/c1-25(41)2-3-26-6-10-30(11-7-26)51-34(48)12-18-49-19-13-36-35(50)37-28-8-4-27(5-9-28)20-29-21-39(23-32(44)45)15-14-38(22-31(42)43)16-17-40(29)24-33(46)47/h4-11,29H,2-3,12-24H2,1H3,(H,42,43)(H,44,45)(H,46,47)(H2,36,37,50). The SMILES string of the molecule is CC(=O)CCc1ccc(SC(=O)CCOCCNC(=S)Nc2ccc(CC3CN(CC(=O)O)CCN(CC(=O)O)CCN3CC(=O)O)cc2)cc1. The van der Waals surface area contributed by atoms with E-state index in [9.17, 15) is 39.3 Å². The molecule has 2 aromatic carbocycles. The van der Waals surface area contributed by atoms with Gasteiger partial charge in [-0.3, -0.25) is 33.9 Å². The zero-order chi connectivity index (χ0) is 37.2. The van der Waals surface area contributed by atoms with E-state index in [4.69, 9.17) is 17.0 Å². The van der Waals surface area contributed by atoms with Crippen LogP contribution in [0.2, 0.25) is 0 Å². The summed E-state index contributed by atoms with van der Waals surface area (Å²) in [5, 5.41) is 35.0. The van der Waals surface area contributed by atoms with Crippen LogP contribution in [0.4, 0.5) is 5.69 Å². The number of nitrogens with zero attached hydrogens (tertiary/aromatic N) is 3. The Morgan fingerprint density at radius 1 is 0.804 bits per heavy atom. The van der Waals surface area contributed by atoms with E-state index in [1.165, 1.54) is 0 Å². The number of carboxylic acid groups (broad SMARTS) is 3. The summed E-state index contributed by atoms with van der Waals surface area (Å²) in [5.74, 6) is -2.89. The molecule has 5 N–H and O–H groups in total. The van der Waals surface area contributed by atoms with Gasteiger partial charge in [0.25, 0.3) is 0 Å². The highest BCUT2D eigenvalue weighted by Crippen LogP contribution is 2.21. The van der Waals surface area contributed by atoms with E-state index in [1.807, 2.05) is 48.5 Å². The molecule has 1 fully saturated rings. The Labute approximate surface area is 307 Å². The molecular weight excluding hydrogens is 699 g/mol. The van der Waals surface area contributed by atoms with Gasteiger partial charge in [-0.1, -0.05) is 36.0 Å². The second-order valence-corrected chi connectivity index (χ2v) is 13.8. The van der Waals surface area contributed by atoms with Gasteiger partial charge in [0.05, 0.1) is 32.8 Å². The summed E-state index contributed by atoms with van der Waals surface area (Å²) >= 11 is 6.57. The summed E-state index contributed by atoms with van der Waals surface area (Å²) in [6, 6.07) is 14.8. The van der Waals surface area contributed by atoms with Crippen LogP contribution in [-0.4, -0.2) is 142 Å². The average Bonchev–Trinajstić information content (AvgIpc) is 3.12. The first kappa shape index (κ1) is 41.5. The molecule has 1 atom stereocenters. The number of thiocarbonyl (C=S) groups is 1. The van der Waals surface area contributed by atoms with Crippen LogP contribution < -0.4 is 10.6 Å². The molecule has 0 aliphatic carbocycles. The molecule has 3 rings (SSSR count). The molecule has 0 radical (unpaired) electrons. The molecule has 278 valence electrons. The first-order valence-corrected chi connectivity index (χ1v) is 17.9. The van der Waals surface area contributed by atoms with Crippen molar-refractivity contribution < 1.29 is 44.0 Å². The Morgan fingerprint density at radius 2 is 1.41 bits per heavy atom. The van der Waals surface area contributed by atoms with Crippen molar-refractivity contribution in [3.63, 3.8) is 0 Å². The van der Waals surface area contributed by atoms with Crippen LogP contribution in [0.25, 0.3) is 0 Å². The van der Waals surface area contributed by atoms with E-state index in [1.54, 1.807) is 21.6 Å². The number of carboxylic acids is 3. The molecule has 1 saturated heterocycles. The minimum atomic E-state index is -1.02. The molecule has 51 heavy (non-hydrogen) atoms. The Kier molecular flexibility index (Phi) is 18.0. The predicted octanol–water partition coefficient (Wildman–Crippen LogP) is 2.30. The summed E-state index contributed by atoms with van der Waals surface area (Å²) in [6.07, 6.45) is 1.92. The lowest BCUT2D eigenvalue weighted by Gasteiger charge is -2.33. The molecule has 0 spiro atoms. The third-order valence-electron chi connectivity index (χ3n) is 8.06. The fourth-order valence-corrected chi connectivity index (χ4v) is 6.44. The van der Waals surface area contributed by atoms with Crippen LogP contribution >= 0.6 is 24.0 Å². The fourth-order valence-electron chi connectivity index (χ4n) is 5.50. The Hall–Kier alpha value is -3.93. The van der Waals surface area contributed by atoms with E-state index in [0.717, 1.165) is 33.5 Å². The second kappa shape index (κ2) is 22.1. The molecule has 1 unspecified atom stereocenters. The highest BCUT2D eigenvalue weighted by Gasteiger charge is 2.28. The molecule has 1 heterocycles. The van der Waals surface area contributed by atoms with Crippen molar-refractivity contribution in [3.8, 4) is 0 Å². The van der Waals surface area contributed by atoms with Crippen molar-refractivity contribution >= 4 is 63.6 Å². The monoisotopic (exact) mass is 745 g/mol. The van der Waals surface area contributed by atoms with Crippen molar-refractivity contribution in [1.29, 1.82) is 0 Å². The third-order valence-corrected chi connectivity index (χ3v) is 9.25. The Morgan fingerprint density at radius 3 is 2.06 bits per heavy atom. The maximum Gasteiger partial charge on any atom is 0.317 e. The van der Waals surface area contributed by atoms with Crippen LogP contribution in [0.15, 0.2) is 53.4 Å². The van der Waals surface area contributed by atoms with Crippen molar-refractivity contribution in [2.75, 3.05) is 77.4 Å². The molecule has 0 saturated carbocycles. The lowest BCUT2D eigenvalue weighted by molar-refractivity contribution is -0.140.